The highest BCUT2D eigenvalue weighted by molar-refractivity contribution is 7.09. The van der Waals surface area contributed by atoms with Gasteiger partial charge in [-0.3, -0.25) is 4.79 Å². The largest absolute Gasteiger partial charge is 0.346 e. The first-order valence-electron chi connectivity index (χ1n) is 8.71. The molecule has 0 radical (unpaired) electrons. The molecule has 2 saturated carbocycles. The van der Waals surface area contributed by atoms with Gasteiger partial charge >= 0.3 is 0 Å². The van der Waals surface area contributed by atoms with Crippen LogP contribution in [0.3, 0.4) is 0 Å². The van der Waals surface area contributed by atoms with Crippen molar-refractivity contribution in [1.29, 1.82) is 0 Å². The first kappa shape index (κ1) is 15.9. The second kappa shape index (κ2) is 7.55. The van der Waals surface area contributed by atoms with Crippen LogP contribution in [0.1, 0.15) is 73.3 Å². The Bertz CT molecular complexity index is 494. The van der Waals surface area contributed by atoms with Crippen LogP contribution in [0, 0.1) is 6.92 Å². The third kappa shape index (κ3) is 4.07. The van der Waals surface area contributed by atoms with Crippen LogP contribution >= 0.6 is 11.3 Å². The van der Waals surface area contributed by atoms with Crippen molar-refractivity contribution in [2.45, 2.75) is 82.8 Å². The van der Waals surface area contributed by atoms with Crippen molar-refractivity contribution in [2.24, 2.45) is 0 Å². The van der Waals surface area contributed by atoms with E-state index in [1.807, 2.05) is 12.3 Å². The molecule has 0 aromatic carbocycles. The fourth-order valence-electron chi connectivity index (χ4n) is 3.51. The van der Waals surface area contributed by atoms with E-state index in [9.17, 15) is 4.79 Å². The van der Waals surface area contributed by atoms with Crippen LogP contribution in [0.2, 0.25) is 0 Å². The van der Waals surface area contributed by atoms with E-state index < -0.39 is 0 Å². The Hall–Kier alpha value is -0.940. The molecule has 2 aliphatic carbocycles. The van der Waals surface area contributed by atoms with Gasteiger partial charge < -0.3 is 10.6 Å². The van der Waals surface area contributed by atoms with Gasteiger partial charge in [0.15, 0.2) is 0 Å². The Labute approximate surface area is 137 Å². The monoisotopic (exact) mass is 321 g/mol. The Morgan fingerprint density at radius 1 is 1.09 bits per heavy atom. The first-order chi connectivity index (χ1) is 10.7. The molecule has 5 heteroatoms. The first-order valence-corrected chi connectivity index (χ1v) is 9.59. The summed E-state index contributed by atoms with van der Waals surface area (Å²) in [5.74, 6) is -0.0153. The molecule has 2 fully saturated rings. The summed E-state index contributed by atoms with van der Waals surface area (Å²) in [4.78, 5) is 16.5. The van der Waals surface area contributed by atoms with Crippen molar-refractivity contribution < 1.29 is 4.79 Å². The van der Waals surface area contributed by atoms with Crippen LogP contribution < -0.4 is 10.6 Å². The molecule has 0 aliphatic heterocycles. The summed E-state index contributed by atoms with van der Waals surface area (Å²) in [5.41, 5.74) is 0.569. The highest BCUT2D eigenvalue weighted by Crippen LogP contribution is 2.24. The molecule has 1 heterocycles. The minimum atomic E-state index is -0.0153. The lowest BCUT2D eigenvalue weighted by atomic mass is 9.84. The number of hydrogen-bond donors (Lipinski definition) is 2. The minimum Gasteiger partial charge on any atom is -0.346 e. The maximum absolute atomic E-state index is 12.2. The molecular formula is C17H27N3OS. The predicted molar refractivity (Wildman–Crippen MR) is 90.4 cm³/mol. The third-order valence-corrected chi connectivity index (χ3v) is 5.77. The molecule has 2 aliphatic rings. The van der Waals surface area contributed by atoms with Gasteiger partial charge in [0.2, 0.25) is 0 Å². The summed E-state index contributed by atoms with van der Waals surface area (Å²) >= 11 is 1.53. The Morgan fingerprint density at radius 3 is 2.36 bits per heavy atom. The number of nitrogens with zero attached hydrogens (tertiary/aromatic N) is 1. The predicted octanol–water partition coefficient (Wildman–Crippen LogP) is 3.41. The van der Waals surface area contributed by atoms with Gasteiger partial charge in [0.05, 0.1) is 5.01 Å². The zero-order valence-electron chi connectivity index (χ0n) is 13.4. The van der Waals surface area contributed by atoms with Crippen molar-refractivity contribution in [3.8, 4) is 0 Å². The zero-order valence-corrected chi connectivity index (χ0v) is 14.3. The molecule has 0 spiro atoms. The van der Waals surface area contributed by atoms with E-state index in [1.165, 1.54) is 62.7 Å². The number of hydrogen-bond acceptors (Lipinski definition) is 4. The summed E-state index contributed by atoms with van der Waals surface area (Å²) in [7, 11) is 0. The van der Waals surface area contributed by atoms with Crippen molar-refractivity contribution in [3.05, 3.63) is 16.1 Å². The molecule has 3 rings (SSSR count). The zero-order chi connectivity index (χ0) is 15.4. The van der Waals surface area contributed by atoms with Crippen LogP contribution in [-0.2, 0) is 0 Å². The van der Waals surface area contributed by atoms with Crippen LogP contribution in [0.25, 0.3) is 0 Å². The lowest BCUT2D eigenvalue weighted by Crippen LogP contribution is -2.59. The van der Waals surface area contributed by atoms with Gasteiger partial charge in [-0.2, -0.15) is 0 Å². The Balaban J connectivity index is 1.47. The topological polar surface area (TPSA) is 54.0 Å². The molecule has 22 heavy (non-hydrogen) atoms. The lowest BCUT2D eigenvalue weighted by molar-refractivity contribution is 0.0882. The molecule has 2 N–H and O–H groups in total. The highest BCUT2D eigenvalue weighted by atomic mass is 32.1. The van der Waals surface area contributed by atoms with Gasteiger partial charge in [-0.05, 0) is 32.6 Å². The average molecular weight is 321 g/mol. The SMILES string of the molecule is Cc1nc(C(=O)NC2CCC2NC2CCCCCCC2)cs1. The third-order valence-electron chi connectivity index (χ3n) is 5.00. The number of aryl methyl sites for hydroxylation is 1. The number of aromatic nitrogens is 1. The molecule has 1 amide bonds. The summed E-state index contributed by atoms with van der Waals surface area (Å²) in [6.45, 7) is 1.93. The fraction of sp³-hybridized carbons (Fsp3) is 0.765. The van der Waals surface area contributed by atoms with Gasteiger partial charge in [0.25, 0.3) is 5.91 Å². The van der Waals surface area contributed by atoms with Gasteiger partial charge in [-0.25, -0.2) is 4.98 Å². The number of amides is 1. The van der Waals surface area contributed by atoms with Crippen molar-refractivity contribution in [3.63, 3.8) is 0 Å². The van der Waals surface area contributed by atoms with Crippen LogP contribution in [0.15, 0.2) is 5.38 Å². The molecular weight excluding hydrogens is 294 g/mol. The molecule has 1 aromatic heterocycles. The molecule has 1 aromatic rings. The summed E-state index contributed by atoms with van der Waals surface area (Å²) in [6.07, 6.45) is 11.7. The maximum atomic E-state index is 12.2. The van der Waals surface area contributed by atoms with E-state index in [-0.39, 0.29) is 11.9 Å². The van der Waals surface area contributed by atoms with Gasteiger partial charge in [-0.15, -0.1) is 11.3 Å². The summed E-state index contributed by atoms with van der Waals surface area (Å²) < 4.78 is 0. The Morgan fingerprint density at radius 2 is 1.77 bits per heavy atom. The number of carbonyl (C=O) groups excluding carboxylic acids is 1. The van der Waals surface area contributed by atoms with E-state index >= 15 is 0 Å². The van der Waals surface area contributed by atoms with Crippen LogP contribution in [0.5, 0.6) is 0 Å². The number of rotatable bonds is 4. The van der Waals surface area contributed by atoms with E-state index in [0.29, 0.717) is 17.8 Å². The summed E-state index contributed by atoms with van der Waals surface area (Å²) in [6, 6.07) is 1.37. The van der Waals surface area contributed by atoms with Crippen molar-refractivity contribution in [2.75, 3.05) is 0 Å². The quantitative estimate of drug-likeness (QED) is 0.893. The summed E-state index contributed by atoms with van der Waals surface area (Å²) in [5, 5.41) is 9.75. The lowest BCUT2D eigenvalue weighted by Gasteiger charge is -2.40. The van der Waals surface area contributed by atoms with Crippen molar-refractivity contribution >= 4 is 17.2 Å². The molecule has 0 bridgehead atoms. The second-order valence-corrected chi connectivity index (χ2v) is 7.79. The van der Waals surface area contributed by atoms with Gasteiger partial charge in [0, 0.05) is 23.5 Å². The number of nitrogens with one attached hydrogen (secondary N) is 2. The second-order valence-electron chi connectivity index (χ2n) is 6.72. The molecule has 4 nitrogen and oxygen atoms in total. The standard InChI is InChI=1S/C17H27N3OS/c1-12-18-16(11-22-12)17(21)20-15-10-9-14(15)19-13-7-5-3-2-4-6-8-13/h11,13-15,19H,2-10H2,1H3,(H,20,21). The Kier molecular flexibility index (Phi) is 5.47. The van der Waals surface area contributed by atoms with E-state index in [0.717, 1.165) is 11.4 Å². The van der Waals surface area contributed by atoms with Crippen LogP contribution in [0.4, 0.5) is 0 Å². The van der Waals surface area contributed by atoms with Crippen molar-refractivity contribution in [1.82, 2.24) is 15.6 Å². The molecule has 122 valence electrons. The minimum absolute atomic E-state index is 0.0153. The smallest absolute Gasteiger partial charge is 0.271 e. The normalized spacial score (nSPS) is 26.8. The molecule has 2 atom stereocenters. The molecule has 2 unspecified atom stereocenters. The van der Waals surface area contributed by atoms with Crippen LogP contribution in [-0.4, -0.2) is 29.0 Å². The average Bonchev–Trinajstić information content (AvgIpc) is 2.89. The fourth-order valence-corrected chi connectivity index (χ4v) is 4.10. The molecule has 0 saturated heterocycles. The van der Waals surface area contributed by atoms with E-state index in [4.69, 9.17) is 0 Å². The van der Waals surface area contributed by atoms with E-state index in [1.54, 1.807) is 0 Å². The van der Waals surface area contributed by atoms with Gasteiger partial charge in [-0.1, -0.05) is 32.1 Å². The van der Waals surface area contributed by atoms with Gasteiger partial charge in [0.1, 0.15) is 5.69 Å². The number of thiazole rings is 1. The number of carbonyl (C=O) groups is 1. The maximum Gasteiger partial charge on any atom is 0.271 e. The highest BCUT2D eigenvalue weighted by Gasteiger charge is 2.33. The van der Waals surface area contributed by atoms with E-state index in [2.05, 4.69) is 15.6 Å².